The van der Waals surface area contributed by atoms with Crippen LogP contribution in [-0.4, -0.2) is 8.42 Å². The highest BCUT2D eigenvalue weighted by Crippen LogP contribution is 2.21. The largest absolute Gasteiger partial charge is 0.261 e. The van der Waals surface area contributed by atoms with Crippen LogP contribution < -0.4 is 0 Å². The van der Waals surface area contributed by atoms with E-state index in [-0.39, 0.29) is 4.90 Å². The van der Waals surface area contributed by atoms with E-state index in [0.29, 0.717) is 0 Å². The summed E-state index contributed by atoms with van der Waals surface area (Å²) >= 11 is 0. The zero-order valence-corrected chi connectivity index (χ0v) is 11.7. The monoisotopic (exact) mass is 274 g/mol. The van der Waals surface area contributed by atoms with Crippen molar-refractivity contribution in [3.63, 3.8) is 0 Å². The van der Waals surface area contributed by atoms with E-state index in [1.165, 1.54) is 19.3 Å². The molecule has 0 N–H and O–H groups in total. The topological polar surface area (TPSA) is 34.1 Å². The van der Waals surface area contributed by atoms with Crippen molar-refractivity contribution in [1.82, 2.24) is 0 Å². The summed E-state index contributed by atoms with van der Waals surface area (Å²) in [6.45, 7) is 2.18. The fourth-order valence-corrected chi connectivity index (χ4v) is 3.04. The van der Waals surface area contributed by atoms with Crippen LogP contribution in [0.15, 0.2) is 29.2 Å². The molecule has 4 heteroatoms. The summed E-state index contributed by atoms with van der Waals surface area (Å²) < 4.78 is 22.7. The molecule has 0 aromatic heterocycles. The van der Waals surface area contributed by atoms with E-state index in [0.717, 1.165) is 24.8 Å². The first-order chi connectivity index (χ1) is 8.05. The Labute approximate surface area is 108 Å². The van der Waals surface area contributed by atoms with Gasteiger partial charge in [-0.1, -0.05) is 50.8 Å². The fraction of sp³-hybridized carbons (Fsp3) is 0.538. The molecule has 0 radical (unpaired) electrons. The van der Waals surface area contributed by atoms with Gasteiger partial charge in [0.25, 0.3) is 9.05 Å². The van der Waals surface area contributed by atoms with Crippen LogP contribution in [0.5, 0.6) is 0 Å². The predicted molar refractivity (Wildman–Crippen MR) is 71.9 cm³/mol. The Balaban J connectivity index is 2.59. The zero-order valence-electron chi connectivity index (χ0n) is 10.2. The summed E-state index contributed by atoms with van der Waals surface area (Å²) in [6.07, 6.45) is 6.62. The molecule has 1 rings (SSSR count). The Morgan fingerprint density at radius 1 is 1.06 bits per heavy atom. The molecule has 96 valence electrons. The Kier molecular flexibility index (Phi) is 6.00. The summed E-state index contributed by atoms with van der Waals surface area (Å²) in [5, 5.41) is 0. The Bertz CT molecular complexity index is 440. The second-order valence-corrected chi connectivity index (χ2v) is 6.74. The molecule has 1 aromatic rings. The van der Waals surface area contributed by atoms with Gasteiger partial charge in [-0.3, -0.25) is 0 Å². The maximum atomic E-state index is 11.4. The minimum Gasteiger partial charge on any atom is -0.207 e. The minimum absolute atomic E-state index is 0.261. The second kappa shape index (κ2) is 7.02. The summed E-state index contributed by atoms with van der Waals surface area (Å²) in [5.41, 5.74) is 0.832. The minimum atomic E-state index is -3.61. The second-order valence-electron chi connectivity index (χ2n) is 4.21. The van der Waals surface area contributed by atoms with Gasteiger partial charge in [-0.25, -0.2) is 8.42 Å². The molecule has 0 aliphatic rings. The fourth-order valence-electron chi connectivity index (χ4n) is 1.87. The zero-order chi connectivity index (χ0) is 12.7. The highest BCUT2D eigenvalue weighted by molar-refractivity contribution is 8.13. The van der Waals surface area contributed by atoms with Gasteiger partial charge in [0.2, 0.25) is 0 Å². The molecule has 0 heterocycles. The summed E-state index contributed by atoms with van der Waals surface area (Å²) in [6, 6.07) is 6.97. The molecular weight excluding hydrogens is 256 g/mol. The molecule has 0 fully saturated rings. The average Bonchev–Trinajstić information content (AvgIpc) is 2.28. The first-order valence-corrected chi connectivity index (χ1v) is 8.39. The van der Waals surface area contributed by atoms with Gasteiger partial charge in [-0.2, -0.15) is 0 Å². The molecule has 0 saturated heterocycles. The van der Waals surface area contributed by atoms with Crippen LogP contribution in [0.4, 0.5) is 0 Å². The number of rotatable bonds is 7. The third kappa shape index (κ3) is 5.09. The van der Waals surface area contributed by atoms with Crippen LogP contribution >= 0.6 is 10.7 Å². The van der Waals surface area contributed by atoms with E-state index < -0.39 is 9.05 Å². The third-order valence-corrected chi connectivity index (χ3v) is 4.21. The van der Waals surface area contributed by atoms with Crippen molar-refractivity contribution >= 4 is 19.7 Å². The molecule has 2 nitrogen and oxygen atoms in total. The van der Waals surface area contributed by atoms with E-state index in [2.05, 4.69) is 6.92 Å². The van der Waals surface area contributed by atoms with Crippen molar-refractivity contribution in [2.45, 2.75) is 50.3 Å². The highest BCUT2D eigenvalue weighted by atomic mass is 35.7. The summed E-state index contributed by atoms with van der Waals surface area (Å²) in [5.74, 6) is 0. The van der Waals surface area contributed by atoms with Crippen LogP contribution in [0.1, 0.15) is 44.6 Å². The molecule has 0 aliphatic heterocycles. The maximum absolute atomic E-state index is 11.4. The lowest BCUT2D eigenvalue weighted by Gasteiger charge is -2.06. The van der Waals surface area contributed by atoms with Gasteiger partial charge in [0.1, 0.15) is 0 Å². The normalized spacial score (nSPS) is 11.6. The molecule has 0 spiro atoms. The Morgan fingerprint density at radius 2 is 1.71 bits per heavy atom. The summed E-state index contributed by atoms with van der Waals surface area (Å²) in [4.78, 5) is 0.261. The third-order valence-electron chi connectivity index (χ3n) is 2.78. The number of aryl methyl sites for hydroxylation is 1. The average molecular weight is 275 g/mol. The van der Waals surface area contributed by atoms with E-state index in [1.807, 2.05) is 12.1 Å². The number of unbranched alkanes of at least 4 members (excludes halogenated alkanes) is 4. The van der Waals surface area contributed by atoms with Crippen LogP contribution in [-0.2, 0) is 15.5 Å². The molecule has 1 aromatic carbocycles. The van der Waals surface area contributed by atoms with Crippen LogP contribution in [0.2, 0.25) is 0 Å². The lowest BCUT2D eigenvalue weighted by atomic mass is 10.1. The molecule has 0 bridgehead atoms. The highest BCUT2D eigenvalue weighted by Gasteiger charge is 2.14. The van der Waals surface area contributed by atoms with Crippen molar-refractivity contribution in [1.29, 1.82) is 0 Å². The van der Waals surface area contributed by atoms with E-state index in [1.54, 1.807) is 12.1 Å². The van der Waals surface area contributed by atoms with Gasteiger partial charge in [-0.15, -0.1) is 0 Å². The van der Waals surface area contributed by atoms with Crippen molar-refractivity contribution in [2.24, 2.45) is 0 Å². The van der Waals surface area contributed by atoms with Gasteiger partial charge >= 0.3 is 0 Å². The molecule has 17 heavy (non-hydrogen) atoms. The van der Waals surface area contributed by atoms with Gasteiger partial charge in [0.05, 0.1) is 4.90 Å². The number of halogens is 1. The van der Waals surface area contributed by atoms with Crippen molar-refractivity contribution in [3.05, 3.63) is 29.8 Å². The Morgan fingerprint density at radius 3 is 2.35 bits per heavy atom. The number of hydrogen-bond acceptors (Lipinski definition) is 2. The Hall–Kier alpha value is -0.540. The van der Waals surface area contributed by atoms with Gasteiger partial charge < -0.3 is 0 Å². The predicted octanol–water partition coefficient (Wildman–Crippen LogP) is 4.13. The van der Waals surface area contributed by atoms with E-state index in [9.17, 15) is 8.42 Å². The van der Waals surface area contributed by atoms with Gasteiger partial charge in [-0.05, 0) is 24.5 Å². The van der Waals surface area contributed by atoms with Crippen molar-refractivity contribution in [3.8, 4) is 0 Å². The van der Waals surface area contributed by atoms with Crippen molar-refractivity contribution < 1.29 is 8.42 Å². The van der Waals surface area contributed by atoms with E-state index in [4.69, 9.17) is 10.7 Å². The molecular formula is C13H19ClO2S. The molecule has 0 saturated carbocycles. The standard InChI is InChI=1S/C13H19ClO2S/c1-2-3-4-5-6-9-12-10-7-8-11-13(12)17(14,15)16/h7-8,10-11H,2-6,9H2,1H3. The number of hydrogen-bond donors (Lipinski definition) is 0. The van der Waals surface area contributed by atoms with E-state index >= 15 is 0 Å². The first kappa shape index (κ1) is 14.5. The van der Waals surface area contributed by atoms with Crippen LogP contribution in [0, 0.1) is 0 Å². The summed E-state index contributed by atoms with van der Waals surface area (Å²) in [7, 11) is 1.79. The molecule has 0 atom stereocenters. The maximum Gasteiger partial charge on any atom is 0.261 e. The van der Waals surface area contributed by atoms with Crippen molar-refractivity contribution in [2.75, 3.05) is 0 Å². The molecule has 0 amide bonds. The number of benzene rings is 1. The molecule has 0 aliphatic carbocycles. The lowest BCUT2D eigenvalue weighted by molar-refractivity contribution is 0.605. The van der Waals surface area contributed by atoms with Crippen LogP contribution in [0.3, 0.4) is 0 Å². The quantitative estimate of drug-likeness (QED) is 0.553. The SMILES string of the molecule is CCCCCCCc1ccccc1S(=O)(=O)Cl. The lowest BCUT2D eigenvalue weighted by Crippen LogP contribution is -1.98. The smallest absolute Gasteiger partial charge is 0.207 e. The van der Waals surface area contributed by atoms with Gasteiger partial charge in [0.15, 0.2) is 0 Å². The molecule has 0 unspecified atom stereocenters. The first-order valence-electron chi connectivity index (χ1n) is 6.08. The van der Waals surface area contributed by atoms with Crippen LogP contribution in [0.25, 0.3) is 0 Å². The van der Waals surface area contributed by atoms with Gasteiger partial charge in [0, 0.05) is 10.7 Å².